The molecule has 1 aliphatic heterocycles. The first-order valence-corrected chi connectivity index (χ1v) is 12.5. The predicted octanol–water partition coefficient (Wildman–Crippen LogP) is 3.77. The summed E-state index contributed by atoms with van der Waals surface area (Å²) in [5.41, 5.74) is 1.04. The van der Waals surface area contributed by atoms with Crippen LogP contribution in [0.5, 0.6) is 11.5 Å². The highest BCUT2D eigenvalue weighted by molar-refractivity contribution is 7.92. The minimum atomic E-state index is -3.83. The van der Waals surface area contributed by atoms with Crippen molar-refractivity contribution in [3.8, 4) is 11.5 Å². The Morgan fingerprint density at radius 1 is 0.839 bits per heavy atom. The van der Waals surface area contributed by atoms with Crippen molar-refractivity contribution in [2.45, 2.75) is 22.0 Å². The summed E-state index contributed by atoms with van der Waals surface area (Å²) >= 11 is 0. The Morgan fingerprint density at radius 2 is 1.45 bits per heavy atom. The van der Waals surface area contributed by atoms with Gasteiger partial charge >= 0.3 is 0 Å². The van der Waals surface area contributed by atoms with Crippen LogP contribution in [0.3, 0.4) is 0 Å². The fourth-order valence-corrected chi connectivity index (χ4v) is 6.63. The second-order valence-electron chi connectivity index (χ2n) is 7.33. The van der Waals surface area contributed by atoms with E-state index in [1.54, 1.807) is 18.2 Å². The fraction of sp³-hybridized carbons (Fsp3) is 0.182. The second kappa shape index (κ2) is 8.07. The van der Waals surface area contributed by atoms with Crippen LogP contribution in [-0.4, -0.2) is 39.5 Å². The van der Waals surface area contributed by atoms with Gasteiger partial charge in [-0.3, -0.25) is 0 Å². The lowest BCUT2D eigenvalue weighted by molar-refractivity contribution is 0.309. The summed E-state index contributed by atoms with van der Waals surface area (Å²) in [4.78, 5) is 0.0373. The zero-order valence-corrected chi connectivity index (χ0v) is 18.2. The molecule has 1 aliphatic rings. The van der Waals surface area contributed by atoms with Crippen LogP contribution in [0.1, 0.15) is 5.56 Å². The second-order valence-corrected chi connectivity index (χ2v) is 11.5. The molecule has 9 heteroatoms. The van der Waals surface area contributed by atoms with E-state index in [-0.39, 0.29) is 22.9 Å². The van der Waals surface area contributed by atoms with Gasteiger partial charge < -0.3 is 4.74 Å². The molecule has 0 saturated carbocycles. The van der Waals surface area contributed by atoms with E-state index >= 15 is 0 Å². The van der Waals surface area contributed by atoms with Gasteiger partial charge in [-0.05, 0) is 73.2 Å². The van der Waals surface area contributed by atoms with Crippen molar-refractivity contribution in [1.82, 2.24) is 4.31 Å². The van der Waals surface area contributed by atoms with Gasteiger partial charge in [0, 0.05) is 13.1 Å². The molecule has 1 fully saturated rings. The molecule has 0 amide bonds. The van der Waals surface area contributed by atoms with Gasteiger partial charge in [0.15, 0.2) is 9.84 Å². The first-order chi connectivity index (χ1) is 14.7. The van der Waals surface area contributed by atoms with E-state index in [0.717, 1.165) is 22.0 Å². The number of halogens is 1. The molecule has 6 nitrogen and oxygen atoms in total. The van der Waals surface area contributed by atoms with Crippen LogP contribution >= 0.6 is 0 Å². The first kappa shape index (κ1) is 21.5. The van der Waals surface area contributed by atoms with Crippen LogP contribution < -0.4 is 4.74 Å². The number of sulfone groups is 1. The van der Waals surface area contributed by atoms with Crippen molar-refractivity contribution in [2.24, 2.45) is 0 Å². The molecule has 0 N–H and O–H groups in total. The van der Waals surface area contributed by atoms with Gasteiger partial charge in [-0.15, -0.1) is 0 Å². The largest absolute Gasteiger partial charge is 0.457 e. The number of aryl methyl sites for hydroxylation is 1. The fourth-order valence-electron chi connectivity index (χ4n) is 3.25. The van der Waals surface area contributed by atoms with Crippen molar-refractivity contribution in [3.63, 3.8) is 0 Å². The Morgan fingerprint density at radius 3 is 2.06 bits per heavy atom. The number of benzene rings is 3. The van der Waals surface area contributed by atoms with Crippen LogP contribution in [0.15, 0.2) is 82.6 Å². The highest BCUT2D eigenvalue weighted by Gasteiger charge is 2.44. The molecule has 0 aliphatic carbocycles. The highest BCUT2D eigenvalue weighted by atomic mass is 32.2. The van der Waals surface area contributed by atoms with Crippen LogP contribution in [0.25, 0.3) is 0 Å². The van der Waals surface area contributed by atoms with Gasteiger partial charge in [0.2, 0.25) is 10.0 Å². The standard InChI is InChI=1S/C22H20FNO5S2/c1-16-3-2-4-19(13-16)29-18-7-11-21(12-8-18)31(27,28)24-14-22(15-24)30(25,26)20-9-5-17(23)6-10-20/h2-13,22H,14-15H2,1H3. The molecule has 1 heterocycles. The van der Waals surface area contributed by atoms with E-state index in [2.05, 4.69) is 0 Å². The molecule has 0 radical (unpaired) electrons. The Kier molecular flexibility index (Phi) is 5.59. The first-order valence-electron chi connectivity index (χ1n) is 9.50. The summed E-state index contributed by atoms with van der Waals surface area (Å²) in [6.07, 6.45) is 0. The van der Waals surface area contributed by atoms with Gasteiger partial charge in [0.1, 0.15) is 17.3 Å². The van der Waals surface area contributed by atoms with Gasteiger partial charge in [-0.1, -0.05) is 12.1 Å². The average Bonchev–Trinajstić information content (AvgIpc) is 2.67. The average molecular weight is 462 g/mol. The van der Waals surface area contributed by atoms with Gasteiger partial charge in [0.05, 0.1) is 15.0 Å². The quantitative estimate of drug-likeness (QED) is 0.522. The summed E-state index contributed by atoms with van der Waals surface area (Å²) in [6.45, 7) is 1.65. The highest BCUT2D eigenvalue weighted by Crippen LogP contribution is 2.30. The summed E-state index contributed by atoms with van der Waals surface area (Å²) in [7, 11) is -7.56. The number of hydrogen-bond acceptors (Lipinski definition) is 5. The van der Waals surface area contributed by atoms with E-state index in [4.69, 9.17) is 4.74 Å². The lowest BCUT2D eigenvalue weighted by Crippen LogP contribution is -2.56. The Bertz CT molecular complexity index is 1300. The Hall–Kier alpha value is -2.75. The van der Waals surface area contributed by atoms with Crippen LogP contribution in [-0.2, 0) is 19.9 Å². The van der Waals surface area contributed by atoms with E-state index < -0.39 is 30.9 Å². The molecule has 0 unspecified atom stereocenters. The maximum Gasteiger partial charge on any atom is 0.243 e. The van der Waals surface area contributed by atoms with Gasteiger partial charge in [-0.2, -0.15) is 4.31 Å². The molecule has 0 atom stereocenters. The third-order valence-corrected chi connectivity index (χ3v) is 9.03. The molecule has 0 aromatic heterocycles. The van der Waals surface area contributed by atoms with Crippen LogP contribution in [0.4, 0.5) is 4.39 Å². The number of nitrogens with zero attached hydrogens (tertiary/aromatic N) is 1. The molecule has 4 rings (SSSR count). The van der Waals surface area contributed by atoms with E-state index in [9.17, 15) is 21.2 Å². The summed E-state index contributed by atoms with van der Waals surface area (Å²) < 4.78 is 70.8. The molecular weight excluding hydrogens is 441 g/mol. The van der Waals surface area contributed by atoms with Crippen molar-refractivity contribution >= 4 is 19.9 Å². The third kappa shape index (κ3) is 4.34. The Balaban J connectivity index is 1.44. The number of sulfonamides is 1. The van der Waals surface area contributed by atoms with Gasteiger partial charge in [-0.25, -0.2) is 21.2 Å². The molecule has 3 aromatic carbocycles. The maximum atomic E-state index is 13.1. The molecule has 3 aromatic rings. The minimum absolute atomic E-state index is 0.0198. The number of hydrogen-bond donors (Lipinski definition) is 0. The maximum absolute atomic E-state index is 13.1. The molecule has 162 valence electrons. The predicted molar refractivity (Wildman–Crippen MR) is 114 cm³/mol. The molecular formula is C22H20FNO5S2. The van der Waals surface area contributed by atoms with Crippen molar-refractivity contribution in [3.05, 3.63) is 84.2 Å². The van der Waals surface area contributed by atoms with E-state index in [0.29, 0.717) is 11.5 Å². The minimum Gasteiger partial charge on any atom is -0.457 e. The van der Waals surface area contributed by atoms with E-state index in [1.807, 2.05) is 25.1 Å². The SMILES string of the molecule is Cc1cccc(Oc2ccc(S(=O)(=O)N3CC(S(=O)(=O)c4ccc(F)cc4)C3)cc2)c1. The monoisotopic (exact) mass is 461 g/mol. The smallest absolute Gasteiger partial charge is 0.243 e. The summed E-state index contributed by atoms with van der Waals surface area (Å²) in [5, 5.41) is -0.864. The number of rotatable bonds is 6. The van der Waals surface area contributed by atoms with Crippen LogP contribution in [0.2, 0.25) is 0 Å². The number of ether oxygens (including phenoxy) is 1. The molecule has 0 bridgehead atoms. The summed E-state index contributed by atoms with van der Waals surface area (Å²) in [6, 6.07) is 18.0. The molecule has 31 heavy (non-hydrogen) atoms. The Labute approximate surface area is 180 Å². The zero-order chi connectivity index (χ0) is 22.2. The van der Waals surface area contributed by atoms with Crippen molar-refractivity contribution in [1.29, 1.82) is 0 Å². The zero-order valence-electron chi connectivity index (χ0n) is 16.6. The topological polar surface area (TPSA) is 80.8 Å². The van der Waals surface area contributed by atoms with Crippen LogP contribution in [0, 0.1) is 12.7 Å². The molecule has 0 spiro atoms. The van der Waals surface area contributed by atoms with Crippen molar-refractivity contribution < 1.29 is 26.0 Å². The van der Waals surface area contributed by atoms with E-state index in [1.165, 1.54) is 24.3 Å². The molecule has 1 saturated heterocycles. The van der Waals surface area contributed by atoms with Crippen molar-refractivity contribution in [2.75, 3.05) is 13.1 Å². The lowest BCUT2D eigenvalue weighted by Gasteiger charge is -2.37. The van der Waals surface area contributed by atoms with Gasteiger partial charge in [0.25, 0.3) is 0 Å². The normalized spacial score (nSPS) is 15.4. The lowest BCUT2D eigenvalue weighted by atomic mass is 10.2. The summed E-state index contributed by atoms with van der Waals surface area (Å²) in [5.74, 6) is 0.601. The third-order valence-electron chi connectivity index (χ3n) is 5.08.